The number of amides is 1. The summed E-state index contributed by atoms with van der Waals surface area (Å²) < 4.78 is 5.68. The molecule has 3 unspecified atom stereocenters. The van der Waals surface area contributed by atoms with E-state index in [0.717, 1.165) is 25.1 Å². The van der Waals surface area contributed by atoms with Gasteiger partial charge < -0.3 is 10.1 Å². The van der Waals surface area contributed by atoms with Crippen molar-refractivity contribution in [2.24, 2.45) is 5.92 Å². The highest BCUT2D eigenvalue weighted by Gasteiger charge is 2.22. The van der Waals surface area contributed by atoms with E-state index in [2.05, 4.69) is 23.1 Å². The number of carbonyl (C=O) groups is 1. The number of hydrazine groups is 1. The number of nitrogens with one attached hydrogen (secondary N) is 3. The number of carbonyl (C=O) groups excluding carboxylic acids is 1. The van der Waals surface area contributed by atoms with E-state index in [4.69, 9.17) is 4.74 Å². The van der Waals surface area contributed by atoms with Crippen LogP contribution in [0.2, 0.25) is 0 Å². The minimum atomic E-state index is -0.483. The molecule has 1 amide bonds. The fourth-order valence-electron chi connectivity index (χ4n) is 2.63. The van der Waals surface area contributed by atoms with Crippen molar-refractivity contribution in [2.75, 3.05) is 19.3 Å². The van der Waals surface area contributed by atoms with Crippen LogP contribution in [0.3, 0.4) is 0 Å². The van der Waals surface area contributed by atoms with Crippen molar-refractivity contribution in [1.82, 2.24) is 16.2 Å². The van der Waals surface area contributed by atoms with E-state index in [0.29, 0.717) is 18.5 Å². The number of hydrogen-bond acceptors (Lipinski definition) is 5. The molecule has 0 spiro atoms. The van der Waals surface area contributed by atoms with Gasteiger partial charge in [-0.2, -0.15) is 0 Å². The van der Waals surface area contributed by atoms with Crippen LogP contribution in [0, 0.1) is 5.92 Å². The van der Waals surface area contributed by atoms with E-state index in [-0.39, 0.29) is 5.91 Å². The average Bonchev–Trinajstić information content (AvgIpc) is 2.97. The maximum atomic E-state index is 12.1. The van der Waals surface area contributed by atoms with Gasteiger partial charge in [-0.3, -0.25) is 15.6 Å². The smallest absolute Gasteiger partial charge is 0.260 e. The lowest BCUT2D eigenvalue weighted by Crippen LogP contribution is -2.37. The highest BCUT2D eigenvalue weighted by atomic mass is 32.2. The van der Waals surface area contributed by atoms with Gasteiger partial charge in [0.1, 0.15) is 5.75 Å². The zero-order chi connectivity index (χ0) is 16.7. The van der Waals surface area contributed by atoms with E-state index >= 15 is 0 Å². The summed E-state index contributed by atoms with van der Waals surface area (Å²) >= 11 is 1.68. The minimum Gasteiger partial charge on any atom is -0.481 e. The molecule has 0 radical (unpaired) electrons. The predicted molar refractivity (Wildman–Crippen MR) is 94.6 cm³/mol. The molecule has 1 heterocycles. The minimum absolute atomic E-state index is 0.0605. The van der Waals surface area contributed by atoms with Crippen LogP contribution in [0.5, 0.6) is 5.75 Å². The lowest BCUT2D eigenvalue weighted by atomic mass is 9.98. The highest BCUT2D eigenvalue weighted by Crippen LogP contribution is 2.19. The Kier molecular flexibility index (Phi) is 7.20. The molecule has 0 bridgehead atoms. The summed E-state index contributed by atoms with van der Waals surface area (Å²) in [6.45, 7) is 5.66. The Morgan fingerprint density at radius 2 is 2.17 bits per heavy atom. The van der Waals surface area contributed by atoms with Crippen LogP contribution in [0.1, 0.15) is 26.7 Å². The molecule has 23 heavy (non-hydrogen) atoms. The topological polar surface area (TPSA) is 62.4 Å². The second kappa shape index (κ2) is 9.15. The average molecular weight is 337 g/mol. The van der Waals surface area contributed by atoms with Crippen molar-refractivity contribution in [3.05, 3.63) is 24.3 Å². The van der Waals surface area contributed by atoms with Gasteiger partial charge in [-0.25, -0.2) is 0 Å². The van der Waals surface area contributed by atoms with Gasteiger partial charge in [-0.15, -0.1) is 11.8 Å². The quantitative estimate of drug-likeness (QED) is 0.501. The molecule has 0 aromatic heterocycles. The molecular weight excluding hydrogens is 310 g/mol. The highest BCUT2D eigenvalue weighted by molar-refractivity contribution is 7.98. The molecule has 1 aliphatic rings. The monoisotopic (exact) mass is 337 g/mol. The first-order chi connectivity index (χ1) is 11.1. The molecule has 128 valence electrons. The zero-order valence-corrected chi connectivity index (χ0v) is 14.9. The molecule has 3 N–H and O–H groups in total. The molecular formula is C17H27N3O2S. The first kappa shape index (κ1) is 18.1. The van der Waals surface area contributed by atoms with Gasteiger partial charge in [-0.05, 0) is 63.1 Å². The summed E-state index contributed by atoms with van der Waals surface area (Å²) in [5, 5.41) is 2.96. The summed E-state index contributed by atoms with van der Waals surface area (Å²) in [7, 11) is 0. The van der Waals surface area contributed by atoms with Crippen LogP contribution in [0.25, 0.3) is 0 Å². The van der Waals surface area contributed by atoms with Crippen molar-refractivity contribution < 1.29 is 9.53 Å². The van der Waals surface area contributed by atoms with Gasteiger partial charge in [0.25, 0.3) is 5.91 Å². The fraction of sp³-hybridized carbons (Fsp3) is 0.588. The lowest BCUT2D eigenvalue weighted by Gasteiger charge is -2.16. The van der Waals surface area contributed by atoms with E-state index in [1.54, 1.807) is 18.7 Å². The molecule has 0 saturated carbocycles. The molecule has 1 aromatic rings. The van der Waals surface area contributed by atoms with Crippen molar-refractivity contribution >= 4 is 17.7 Å². The zero-order valence-electron chi connectivity index (χ0n) is 14.1. The second-order valence-corrected chi connectivity index (χ2v) is 6.82. The summed E-state index contributed by atoms with van der Waals surface area (Å²) in [5.41, 5.74) is 6.38. The van der Waals surface area contributed by atoms with Crippen LogP contribution < -0.4 is 20.9 Å². The Morgan fingerprint density at radius 3 is 2.78 bits per heavy atom. The largest absolute Gasteiger partial charge is 0.481 e. The summed E-state index contributed by atoms with van der Waals surface area (Å²) in [4.78, 5) is 13.2. The maximum absolute atomic E-state index is 12.1. The molecule has 2 rings (SSSR count). The molecule has 3 atom stereocenters. The third kappa shape index (κ3) is 5.71. The Labute approximate surface area is 142 Å². The number of ether oxygens (including phenoxy) is 1. The number of rotatable bonds is 8. The van der Waals surface area contributed by atoms with E-state index in [9.17, 15) is 4.79 Å². The van der Waals surface area contributed by atoms with Gasteiger partial charge >= 0.3 is 0 Å². The van der Waals surface area contributed by atoms with Gasteiger partial charge in [0.15, 0.2) is 6.10 Å². The Hall–Kier alpha value is -1.24. The number of thioether (sulfide) groups is 1. The molecule has 1 aromatic carbocycles. The molecule has 1 saturated heterocycles. The van der Waals surface area contributed by atoms with Crippen molar-refractivity contribution in [2.45, 2.75) is 43.7 Å². The Balaban J connectivity index is 1.65. The van der Waals surface area contributed by atoms with Crippen molar-refractivity contribution in [3.8, 4) is 5.75 Å². The van der Waals surface area contributed by atoms with E-state index in [1.807, 2.05) is 30.5 Å². The first-order valence-electron chi connectivity index (χ1n) is 8.17. The summed E-state index contributed by atoms with van der Waals surface area (Å²) in [5.74, 6) is 1.30. The summed E-state index contributed by atoms with van der Waals surface area (Å²) in [6.07, 6.45) is 3.64. The third-order valence-corrected chi connectivity index (χ3v) is 4.94. The molecule has 5 nitrogen and oxygen atoms in total. The Bertz CT molecular complexity index is 495. The van der Waals surface area contributed by atoms with Gasteiger partial charge in [0.2, 0.25) is 0 Å². The van der Waals surface area contributed by atoms with Gasteiger partial charge in [-0.1, -0.05) is 0 Å². The molecule has 1 aliphatic heterocycles. The second-order valence-electron chi connectivity index (χ2n) is 5.94. The first-order valence-corrected chi connectivity index (χ1v) is 9.39. The normalized spacial score (nSPS) is 21.9. The van der Waals surface area contributed by atoms with Crippen LogP contribution in [-0.4, -0.2) is 37.4 Å². The fourth-order valence-corrected chi connectivity index (χ4v) is 3.04. The third-order valence-electron chi connectivity index (χ3n) is 4.19. The van der Waals surface area contributed by atoms with Crippen LogP contribution >= 0.6 is 11.8 Å². The Morgan fingerprint density at radius 1 is 1.43 bits per heavy atom. The van der Waals surface area contributed by atoms with Crippen LogP contribution in [0.4, 0.5) is 0 Å². The van der Waals surface area contributed by atoms with Crippen molar-refractivity contribution in [1.29, 1.82) is 0 Å². The number of benzene rings is 1. The molecule has 1 fully saturated rings. The van der Waals surface area contributed by atoms with E-state index in [1.165, 1.54) is 4.90 Å². The predicted octanol–water partition coefficient (Wildman–Crippen LogP) is 2.18. The maximum Gasteiger partial charge on any atom is 0.260 e. The van der Waals surface area contributed by atoms with Crippen LogP contribution in [-0.2, 0) is 4.79 Å². The number of hydrogen-bond donors (Lipinski definition) is 3. The van der Waals surface area contributed by atoms with E-state index < -0.39 is 6.10 Å². The van der Waals surface area contributed by atoms with Crippen molar-refractivity contribution in [3.63, 3.8) is 0 Å². The van der Waals surface area contributed by atoms with Gasteiger partial charge in [0.05, 0.1) is 0 Å². The van der Waals surface area contributed by atoms with Gasteiger partial charge in [0, 0.05) is 24.0 Å². The standard InChI is InChI=1S/C17H27N3O2S/c1-12-14(11-19-20-12)5-4-10-18-17(21)13(2)22-15-6-8-16(23-3)9-7-15/h6-9,12-14,19-20H,4-5,10-11H2,1-3H3,(H,18,21). The lowest BCUT2D eigenvalue weighted by molar-refractivity contribution is -0.127. The van der Waals surface area contributed by atoms with Crippen LogP contribution in [0.15, 0.2) is 29.2 Å². The molecule has 6 heteroatoms. The molecule has 0 aliphatic carbocycles. The summed E-state index contributed by atoms with van der Waals surface area (Å²) in [6, 6.07) is 8.29. The SMILES string of the molecule is CSc1ccc(OC(C)C(=O)NCCCC2CNNC2C)cc1.